The fourth-order valence-electron chi connectivity index (χ4n) is 3.24. The van der Waals surface area contributed by atoms with Crippen molar-refractivity contribution in [3.05, 3.63) is 51.6 Å². The van der Waals surface area contributed by atoms with Gasteiger partial charge < -0.3 is 9.88 Å². The summed E-state index contributed by atoms with van der Waals surface area (Å²) in [6.45, 7) is 6.35. The molecule has 0 radical (unpaired) electrons. The largest absolute Gasteiger partial charge is 0.354 e. The molecule has 27 heavy (non-hydrogen) atoms. The number of fused-ring (bicyclic) bond motifs is 1. The van der Waals surface area contributed by atoms with Crippen molar-refractivity contribution < 1.29 is 9.72 Å². The van der Waals surface area contributed by atoms with E-state index in [-0.39, 0.29) is 18.1 Å². The van der Waals surface area contributed by atoms with E-state index >= 15 is 0 Å². The number of nitro groups is 1. The van der Waals surface area contributed by atoms with E-state index in [0.717, 1.165) is 29.8 Å². The molecule has 1 amide bonds. The third-order valence-corrected chi connectivity index (χ3v) is 4.55. The summed E-state index contributed by atoms with van der Waals surface area (Å²) in [5.74, 6) is 0.722. The first-order valence-corrected chi connectivity index (χ1v) is 8.75. The van der Waals surface area contributed by atoms with Crippen molar-refractivity contribution in [1.29, 1.82) is 0 Å². The Morgan fingerprint density at radius 2 is 2.00 bits per heavy atom. The first-order valence-electron chi connectivity index (χ1n) is 8.75. The van der Waals surface area contributed by atoms with Crippen LogP contribution in [-0.2, 0) is 17.9 Å². The number of nitrogens with zero attached hydrogens (tertiary/aromatic N) is 5. The SMILES string of the molecule is Cc1nn(CC(=O)NCCCn2c(C)nc3ccccc32)c(C)c1[N+](=O)[O-]. The Kier molecular flexibility index (Phi) is 5.20. The number of hydrogen-bond donors (Lipinski definition) is 1. The maximum atomic E-state index is 12.1. The molecule has 0 aliphatic carbocycles. The monoisotopic (exact) mass is 370 g/mol. The zero-order valence-electron chi connectivity index (χ0n) is 15.6. The molecule has 142 valence electrons. The molecular weight excluding hydrogens is 348 g/mol. The van der Waals surface area contributed by atoms with Crippen molar-refractivity contribution >= 4 is 22.6 Å². The third kappa shape index (κ3) is 3.81. The van der Waals surface area contributed by atoms with Gasteiger partial charge in [-0.3, -0.25) is 19.6 Å². The fourth-order valence-corrected chi connectivity index (χ4v) is 3.24. The van der Waals surface area contributed by atoms with Gasteiger partial charge in [0, 0.05) is 13.1 Å². The van der Waals surface area contributed by atoms with E-state index in [4.69, 9.17) is 0 Å². The van der Waals surface area contributed by atoms with Crippen LogP contribution in [0.4, 0.5) is 5.69 Å². The number of carbonyl (C=O) groups is 1. The second kappa shape index (κ2) is 7.56. The highest BCUT2D eigenvalue weighted by Crippen LogP contribution is 2.21. The van der Waals surface area contributed by atoms with E-state index in [2.05, 4.69) is 20.0 Å². The van der Waals surface area contributed by atoms with E-state index in [9.17, 15) is 14.9 Å². The summed E-state index contributed by atoms with van der Waals surface area (Å²) in [7, 11) is 0. The molecule has 3 rings (SSSR count). The number of aryl methyl sites for hydroxylation is 3. The number of hydrogen-bond acceptors (Lipinski definition) is 5. The number of para-hydroxylation sites is 2. The molecule has 0 saturated heterocycles. The zero-order valence-corrected chi connectivity index (χ0v) is 15.6. The second-order valence-electron chi connectivity index (χ2n) is 6.44. The number of imidazole rings is 1. The van der Waals surface area contributed by atoms with Crippen LogP contribution in [0.1, 0.15) is 23.6 Å². The highest BCUT2D eigenvalue weighted by Gasteiger charge is 2.22. The van der Waals surface area contributed by atoms with Crippen molar-refractivity contribution in [2.75, 3.05) is 6.54 Å². The third-order valence-electron chi connectivity index (χ3n) is 4.55. The highest BCUT2D eigenvalue weighted by molar-refractivity contribution is 5.76. The molecule has 0 spiro atoms. The number of rotatable bonds is 7. The minimum atomic E-state index is -0.468. The quantitative estimate of drug-likeness (QED) is 0.390. The minimum Gasteiger partial charge on any atom is -0.354 e. The average molecular weight is 370 g/mol. The van der Waals surface area contributed by atoms with Crippen LogP contribution in [-0.4, -0.2) is 36.7 Å². The lowest BCUT2D eigenvalue weighted by Gasteiger charge is -2.09. The molecular formula is C18H22N6O3. The van der Waals surface area contributed by atoms with E-state index in [1.54, 1.807) is 13.8 Å². The Labute approximate surface area is 156 Å². The van der Waals surface area contributed by atoms with Crippen LogP contribution >= 0.6 is 0 Å². The smallest absolute Gasteiger partial charge is 0.312 e. The summed E-state index contributed by atoms with van der Waals surface area (Å²) in [6.07, 6.45) is 0.754. The summed E-state index contributed by atoms with van der Waals surface area (Å²) in [4.78, 5) is 27.2. The molecule has 0 saturated carbocycles. The van der Waals surface area contributed by atoms with Gasteiger partial charge in [0.2, 0.25) is 5.91 Å². The van der Waals surface area contributed by atoms with Crippen molar-refractivity contribution in [2.45, 2.75) is 40.3 Å². The molecule has 1 N–H and O–H groups in total. The molecule has 0 unspecified atom stereocenters. The van der Waals surface area contributed by atoms with Crippen LogP contribution in [0.25, 0.3) is 11.0 Å². The van der Waals surface area contributed by atoms with Crippen LogP contribution in [0.3, 0.4) is 0 Å². The molecule has 2 heterocycles. The number of carbonyl (C=O) groups excluding carboxylic acids is 1. The number of nitrogens with one attached hydrogen (secondary N) is 1. The van der Waals surface area contributed by atoms with E-state index in [1.165, 1.54) is 4.68 Å². The molecule has 0 aliphatic heterocycles. The number of amides is 1. The Bertz CT molecular complexity index is 1000. The average Bonchev–Trinajstić information content (AvgIpc) is 3.07. The van der Waals surface area contributed by atoms with Gasteiger partial charge in [0.1, 0.15) is 23.8 Å². The summed E-state index contributed by atoms with van der Waals surface area (Å²) < 4.78 is 3.50. The number of aromatic nitrogens is 4. The summed E-state index contributed by atoms with van der Waals surface area (Å²) >= 11 is 0. The highest BCUT2D eigenvalue weighted by atomic mass is 16.6. The van der Waals surface area contributed by atoms with Crippen LogP contribution in [0.2, 0.25) is 0 Å². The van der Waals surface area contributed by atoms with Gasteiger partial charge in [-0.05, 0) is 39.3 Å². The van der Waals surface area contributed by atoms with Crippen LogP contribution in [0.5, 0.6) is 0 Å². The first kappa shape index (κ1) is 18.6. The number of benzene rings is 1. The summed E-state index contributed by atoms with van der Waals surface area (Å²) in [5.41, 5.74) is 2.70. The molecule has 0 aliphatic rings. The summed E-state index contributed by atoms with van der Waals surface area (Å²) in [5, 5.41) is 18.0. The molecule has 1 aromatic carbocycles. The Balaban J connectivity index is 1.54. The lowest BCUT2D eigenvalue weighted by molar-refractivity contribution is -0.386. The minimum absolute atomic E-state index is 0.0342. The Morgan fingerprint density at radius 3 is 2.70 bits per heavy atom. The maximum absolute atomic E-state index is 12.1. The first-order chi connectivity index (χ1) is 12.9. The predicted octanol–water partition coefficient (Wildman–Crippen LogP) is 2.27. The Hall–Kier alpha value is -3.23. The molecule has 2 aromatic heterocycles. The van der Waals surface area contributed by atoms with Crippen LogP contribution in [0.15, 0.2) is 24.3 Å². The van der Waals surface area contributed by atoms with Crippen molar-refractivity contribution in [2.24, 2.45) is 0 Å². The molecule has 0 atom stereocenters. The molecule has 9 heteroatoms. The van der Waals surface area contributed by atoms with Gasteiger partial charge in [-0.1, -0.05) is 12.1 Å². The molecule has 9 nitrogen and oxygen atoms in total. The van der Waals surface area contributed by atoms with E-state index in [1.807, 2.05) is 31.2 Å². The van der Waals surface area contributed by atoms with Gasteiger partial charge >= 0.3 is 5.69 Å². The summed E-state index contributed by atoms with van der Waals surface area (Å²) in [6, 6.07) is 7.95. The topological polar surface area (TPSA) is 108 Å². The maximum Gasteiger partial charge on any atom is 0.312 e. The van der Waals surface area contributed by atoms with Gasteiger partial charge in [-0.25, -0.2) is 4.98 Å². The van der Waals surface area contributed by atoms with E-state index in [0.29, 0.717) is 17.9 Å². The van der Waals surface area contributed by atoms with Crippen molar-refractivity contribution in [3.63, 3.8) is 0 Å². The Morgan fingerprint density at radius 1 is 1.26 bits per heavy atom. The van der Waals surface area contributed by atoms with Gasteiger partial charge in [-0.15, -0.1) is 0 Å². The zero-order chi connectivity index (χ0) is 19.6. The van der Waals surface area contributed by atoms with Gasteiger partial charge in [0.05, 0.1) is 16.0 Å². The fraction of sp³-hybridized carbons (Fsp3) is 0.389. The standard InChI is InChI=1S/C18H22N6O3/c1-12-18(24(26)27)13(2)23(21-12)11-17(25)19-9-6-10-22-14(3)20-15-7-4-5-8-16(15)22/h4-5,7-8H,6,9-11H2,1-3H3,(H,19,25). The molecule has 3 aromatic rings. The van der Waals surface area contributed by atoms with Crippen LogP contribution in [0, 0.1) is 30.9 Å². The molecule has 0 bridgehead atoms. The lowest BCUT2D eigenvalue weighted by Crippen LogP contribution is -2.29. The van der Waals surface area contributed by atoms with Crippen molar-refractivity contribution in [1.82, 2.24) is 24.6 Å². The predicted molar refractivity (Wildman–Crippen MR) is 100 cm³/mol. The second-order valence-corrected chi connectivity index (χ2v) is 6.44. The normalized spacial score (nSPS) is 11.1. The van der Waals surface area contributed by atoms with Gasteiger partial charge in [0.25, 0.3) is 0 Å². The van der Waals surface area contributed by atoms with Gasteiger partial charge in [0.15, 0.2) is 0 Å². The lowest BCUT2D eigenvalue weighted by atomic mass is 10.3. The van der Waals surface area contributed by atoms with E-state index < -0.39 is 4.92 Å². The van der Waals surface area contributed by atoms with Crippen LogP contribution < -0.4 is 5.32 Å². The van der Waals surface area contributed by atoms with Gasteiger partial charge in [-0.2, -0.15) is 5.10 Å². The molecule has 0 fully saturated rings. The van der Waals surface area contributed by atoms with Crippen molar-refractivity contribution in [3.8, 4) is 0 Å².